The van der Waals surface area contributed by atoms with E-state index in [1.807, 2.05) is 36.7 Å². The van der Waals surface area contributed by atoms with E-state index < -0.39 is 0 Å². The average molecular weight is 287 g/mol. The minimum atomic E-state index is 0.230. The van der Waals surface area contributed by atoms with Crippen molar-refractivity contribution in [3.05, 3.63) is 66.1 Å². The number of rotatable bonds is 2. The monoisotopic (exact) mass is 287 g/mol. The van der Waals surface area contributed by atoms with Crippen LogP contribution in [-0.4, -0.2) is 21.3 Å². The molecule has 0 saturated carbocycles. The first-order chi connectivity index (χ1) is 10.8. The van der Waals surface area contributed by atoms with Crippen LogP contribution in [0.5, 0.6) is 5.75 Å². The molecule has 106 valence electrons. The number of nitrogens with zero attached hydrogens (tertiary/aromatic N) is 3. The molecule has 4 heteroatoms. The Morgan fingerprint density at radius 2 is 1.91 bits per heavy atom. The molecule has 0 saturated heterocycles. The Labute approximate surface area is 127 Å². The van der Waals surface area contributed by atoms with Gasteiger partial charge in [-0.2, -0.15) is 0 Å². The highest BCUT2D eigenvalue weighted by atomic mass is 16.3. The molecule has 4 rings (SSSR count). The zero-order valence-electron chi connectivity index (χ0n) is 11.8. The maximum atomic E-state index is 9.71. The zero-order chi connectivity index (χ0) is 14.9. The van der Waals surface area contributed by atoms with Gasteiger partial charge < -0.3 is 5.11 Å². The van der Waals surface area contributed by atoms with Gasteiger partial charge >= 0.3 is 0 Å². The van der Waals surface area contributed by atoms with Crippen molar-refractivity contribution in [2.24, 2.45) is 4.99 Å². The summed E-state index contributed by atoms with van der Waals surface area (Å²) in [4.78, 5) is 13.2. The summed E-state index contributed by atoms with van der Waals surface area (Å²) in [5, 5.41) is 9.71. The maximum Gasteiger partial charge on any atom is 0.116 e. The fourth-order valence-electron chi connectivity index (χ4n) is 2.65. The topological polar surface area (TPSA) is 58.4 Å². The van der Waals surface area contributed by atoms with Crippen LogP contribution in [-0.2, 0) is 6.54 Å². The van der Waals surface area contributed by atoms with Gasteiger partial charge in [-0.05, 0) is 24.3 Å². The van der Waals surface area contributed by atoms with Crippen LogP contribution in [0.1, 0.15) is 11.3 Å². The van der Waals surface area contributed by atoms with Crippen LogP contribution in [0.4, 0.5) is 0 Å². The first kappa shape index (κ1) is 12.7. The van der Waals surface area contributed by atoms with Gasteiger partial charge in [0.15, 0.2) is 0 Å². The molecule has 0 fully saturated rings. The molecule has 1 aliphatic rings. The van der Waals surface area contributed by atoms with Crippen LogP contribution >= 0.6 is 0 Å². The fraction of sp³-hybridized carbons (Fsp3) is 0.0556. The summed E-state index contributed by atoms with van der Waals surface area (Å²) in [6.45, 7) is 0.655. The van der Waals surface area contributed by atoms with E-state index in [1.165, 1.54) is 0 Å². The molecule has 1 aliphatic heterocycles. The van der Waals surface area contributed by atoms with Crippen LogP contribution in [0.15, 0.2) is 59.9 Å². The molecule has 3 aromatic rings. The van der Waals surface area contributed by atoms with Crippen molar-refractivity contribution < 1.29 is 5.11 Å². The predicted octanol–water partition coefficient (Wildman–Crippen LogP) is 3.45. The number of fused-ring (bicyclic) bond motifs is 1. The van der Waals surface area contributed by atoms with E-state index in [0.29, 0.717) is 6.54 Å². The molecule has 22 heavy (non-hydrogen) atoms. The zero-order valence-corrected chi connectivity index (χ0v) is 11.8. The normalized spacial score (nSPS) is 12.4. The van der Waals surface area contributed by atoms with Crippen molar-refractivity contribution in [2.75, 3.05) is 0 Å². The predicted molar refractivity (Wildman–Crippen MR) is 85.9 cm³/mol. The first-order valence-corrected chi connectivity index (χ1v) is 7.05. The third kappa shape index (κ3) is 2.15. The summed E-state index contributed by atoms with van der Waals surface area (Å²) in [5.41, 5.74) is 5.76. The molecule has 1 aromatic carbocycles. The number of aliphatic imine (C=N–C) groups is 1. The second-order valence-electron chi connectivity index (χ2n) is 5.18. The minimum absolute atomic E-state index is 0.230. The maximum absolute atomic E-state index is 9.71. The smallest absolute Gasteiger partial charge is 0.116 e. The van der Waals surface area contributed by atoms with Gasteiger partial charge in [-0.25, -0.2) is 0 Å². The quantitative estimate of drug-likeness (QED) is 0.785. The van der Waals surface area contributed by atoms with Crippen molar-refractivity contribution in [2.45, 2.75) is 6.54 Å². The molecule has 2 aromatic heterocycles. The van der Waals surface area contributed by atoms with Crippen LogP contribution in [0, 0.1) is 0 Å². The number of phenols is 1. The standard InChI is InChI=1S/C18H13N3O/c22-15-4-1-3-12(8-15)18-16(5-2-6-20-18)13-7-14-9-19-11-17(14)21-10-13/h1-10,22H,11H2. The summed E-state index contributed by atoms with van der Waals surface area (Å²) in [6, 6.07) is 13.1. The van der Waals surface area contributed by atoms with Crippen LogP contribution in [0.25, 0.3) is 22.4 Å². The van der Waals surface area contributed by atoms with Crippen molar-refractivity contribution in [3.63, 3.8) is 0 Å². The molecular weight excluding hydrogens is 274 g/mol. The summed E-state index contributed by atoms with van der Waals surface area (Å²) in [6.07, 6.45) is 5.47. The molecule has 3 heterocycles. The largest absolute Gasteiger partial charge is 0.508 e. The molecule has 0 bridgehead atoms. The summed E-state index contributed by atoms with van der Waals surface area (Å²) in [5.74, 6) is 0.230. The van der Waals surface area contributed by atoms with E-state index in [2.05, 4.69) is 21.0 Å². The fourth-order valence-corrected chi connectivity index (χ4v) is 2.65. The van der Waals surface area contributed by atoms with Crippen LogP contribution in [0.3, 0.4) is 0 Å². The summed E-state index contributed by atoms with van der Waals surface area (Å²) >= 11 is 0. The van der Waals surface area contributed by atoms with Gasteiger partial charge in [0.1, 0.15) is 5.75 Å². The third-order valence-corrected chi connectivity index (χ3v) is 3.71. The lowest BCUT2D eigenvalue weighted by Gasteiger charge is -2.10. The van der Waals surface area contributed by atoms with Gasteiger partial charge in [0, 0.05) is 40.9 Å². The van der Waals surface area contributed by atoms with Gasteiger partial charge in [-0.15, -0.1) is 0 Å². The highest BCUT2D eigenvalue weighted by Gasteiger charge is 2.13. The molecular formula is C18H13N3O. The number of benzene rings is 1. The Morgan fingerprint density at radius 3 is 2.82 bits per heavy atom. The van der Waals surface area contributed by atoms with E-state index >= 15 is 0 Å². The summed E-state index contributed by atoms with van der Waals surface area (Å²) in [7, 11) is 0. The summed E-state index contributed by atoms with van der Waals surface area (Å²) < 4.78 is 0. The first-order valence-electron chi connectivity index (χ1n) is 7.05. The third-order valence-electron chi connectivity index (χ3n) is 3.71. The highest BCUT2D eigenvalue weighted by molar-refractivity contribution is 5.88. The number of hydrogen-bond acceptors (Lipinski definition) is 4. The second kappa shape index (κ2) is 5.07. The van der Waals surface area contributed by atoms with Gasteiger partial charge in [-0.3, -0.25) is 15.0 Å². The molecule has 4 nitrogen and oxygen atoms in total. The van der Waals surface area contributed by atoms with E-state index in [9.17, 15) is 5.11 Å². The number of aromatic nitrogens is 2. The molecule has 0 amide bonds. The van der Waals surface area contributed by atoms with E-state index in [-0.39, 0.29) is 5.75 Å². The van der Waals surface area contributed by atoms with Crippen molar-refractivity contribution >= 4 is 6.21 Å². The Morgan fingerprint density at radius 1 is 0.955 bits per heavy atom. The van der Waals surface area contributed by atoms with Crippen molar-refractivity contribution in [1.29, 1.82) is 0 Å². The number of phenolic OH excluding ortho intramolecular Hbond substituents is 1. The van der Waals surface area contributed by atoms with Crippen LogP contribution < -0.4 is 0 Å². The van der Waals surface area contributed by atoms with Crippen molar-refractivity contribution in [1.82, 2.24) is 9.97 Å². The minimum Gasteiger partial charge on any atom is -0.508 e. The van der Waals surface area contributed by atoms with E-state index in [4.69, 9.17) is 0 Å². The lowest BCUT2D eigenvalue weighted by Crippen LogP contribution is -1.93. The Hall–Kier alpha value is -3.01. The van der Waals surface area contributed by atoms with E-state index in [0.717, 1.165) is 33.6 Å². The molecule has 0 atom stereocenters. The SMILES string of the molecule is Oc1cccc(-c2ncccc2-c2cnc3c(c2)C=NC3)c1. The highest BCUT2D eigenvalue weighted by Crippen LogP contribution is 2.32. The molecule has 0 aliphatic carbocycles. The van der Waals surface area contributed by atoms with Crippen LogP contribution in [0.2, 0.25) is 0 Å². The number of hydrogen-bond donors (Lipinski definition) is 1. The molecule has 0 spiro atoms. The lowest BCUT2D eigenvalue weighted by molar-refractivity contribution is 0.475. The Balaban J connectivity index is 1.88. The average Bonchev–Trinajstić information content (AvgIpc) is 3.02. The number of aromatic hydroxyl groups is 1. The van der Waals surface area contributed by atoms with Crippen molar-refractivity contribution in [3.8, 4) is 28.1 Å². The lowest BCUT2D eigenvalue weighted by atomic mass is 9.99. The number of pyridine rings is 2. The Kier molecular flexibility index (Phi) is 2.93. The van der Waals surface area contributed by atoms with Gasteiger partial charge in [-0.1, -0.05) is 18.2 Å². The van der Waals surface area contributed by atoms with Gasteiger partial charge in [0.05, 0.1) is 17.9 Å². The van der Waals surface area contributed by atoms with Gasteiger partial charge in [0.2, 0.25) is 0 Å². The molecule has 0 unspecified atom stereocenters. The second-order valence-corrected chi connectivity index (χ2v) is 5.18. The Bertz CT molecular complexity index is 887. The molecule has 0 radical (unpaired) electrons. The molecule has 1 N–H and O–H groups in total. The van der Waals surface area contributed by atoms with E-state index in [1.54, 1.807) is 18.3 Å². The van der Waals surface area contributed by atoms with Gasteiger partial charge in [0.25, 0.3) is 0 Å².